The maximum atomic E-state index is 13.0. The monoisotopic (exact) mass is 1240 g/mol. The van der Waals surface area contributed by atoms with Crippen molar-refractivity contribution in [1.29, 1.82) is 0 Å². The van der Waals surface area contributed by atoms with E-state index in [-0.39, 0.29) is 25.7 Å². The zero-order valence-corrected chi connectivity index (χ0v) is 56.0. The molecule has 0 aromatic carbocycles. The number of phosphoric ester groups is 2. The lowest BCUT2D eigenvalue weighted by Crippen LogP contribution is -2.30. The molecule has 2 unspecified atom stereocenters. The molecule has 0 rings (SSSR count). The van der Waals surface area contributed by atoms with E-state index >= 15 is 0 Å². The maximum Gasteiger partial charge on any atom is 0.472 e. The van der Waals surface area contributed by atoms with E-state index in [9.17, 15) is 43.2 Å². The Morgan fingerprint density at radius 1 is 0.321 bits per heavy atom. The minimum atomic E-state index is -4.94. The first-order chi connectivity index (χ1) is 40.4. The Bertz CT molecular complexity index is 1650. The van der Waals surface area contributed by atoms with Gasteiger partial charge in [-0.3, -0.25) is 37.3 Å². The molecule has 0 radical (unpaired) electrons. The van der Waals surface area contributed by atoms with Crippen LogP contribution < -0.4 is 0 Å². The third-order valence-electron chi connectivity index (χ3n) is 15.0. The van der Waals surface area contributed by atoms with Crippen molar-refractivity contribution < 1.29 is 80.2 Å². The zero-order chi connectivity index (χ0) is 62.2. The van der Waals surface area contributed by atoms with Gasteiger partial charge in [-0.2, -0.15) is 0 Å². The third-order valence-corrected chi connectivity index (χ3v) is 16.9. The molecule has 0 bridgehead atoms. The number of carbonyl (C=O) groups is 4. The Kier molecular flexibility index (Phi) is 56.2. The van der Waals surface area contributed by atoms with Crippen molar-refractivity contribution >= 4 is 39.5 Å². The van der Waals surface area contributed by atoms with Gasteiger partial charge in [-0.1, -0.05) is 273 Å². The molecule has 0 spiro atoms. The largest absolute Gasteiger partial charge is 0.472 e. The smallest absolute Gasteiger partial charge is 0.462 e. The first-order valence-electron chi connectivity index (χ1n) is 34.0. The van der Waals surface area contributed by atoms with Gasteiger partial charge in [0, 0.05) is 25.7 Å². The van der Waals surface area contributed by atoms with Crippen molar-refractivity contribution in [3.8, 4) is 0 Å². The minimum Gasteiger partial charge on any atom is -0.462 e. The molecule has 84 heavy (non-hydrogen) atoms. The SMILES string of the molecule is CCCCCCCCCCCCCCC(=O)OC[C@H](COP(=O)(O)OC[C@@H](O)COP(=O)(O)OC[C@@H](COC(=O)CCCCCCC)OC(=O)CCCCCCCCC(C)C)OC(=O)CCCCCCCCCCCCCCCCCC(C)C. The molecule has 498 valence electrons. The first-order valence-corrected chi connectivity index (χ1v) is 37.0. The summed E-state index contributed by atoms with van der Waals surface area (Å²) in [5.41, 5.74) is 0. The quantitative estimate of drug-likeness (QED) is 0.0222. The lowest BCUT2D eigenvalue weighted by molar-refractivity contribution is -0.161. The number of hydrogen-bond donors (Lipinski definition) is 3. The zero-order valence-electron chi connectivity index (χ0n) is 54.2. The van der Waals surface area contributed by atoms with Gasteiger partial charge >= 0.3 is 39.5 Å². The van der Waals surface area contributed by atoms with Crippen LogP contribution in [0, 0.1) is 11.8 Å². The molecule has 0 saturated carbocycles. The van der Waals surface area contributed by atoms with Gasteiger partial charge in [0.05, 0.1) is 26.4 Å². The number of ether oxygens (including phenoxy) is 4. The predicted octanol–water partition coefficient (Wildman–Crippen LogP) is 18.0. The molecule has 0 aliphatic heterocycles. The molecule has 0 saturated heterocycles. The Morgan fingerprint density at radius 2 is 0.548 bits per heavy atom. The normalized spacial score (nSPS) is 14.3. The van der Waals surface area contributed by atoms with Crippen LogP contribution in [0.3, 0.4) is 0 Å². The van der Waals surface area contributed by atoms with Gasteiger partial charge in [0.1, 0.15) is 19.3 Å². The molecule has 19 heteroatoms. The number of unbranched alkanes of at least 4 members (excludes halogenated alkanes) is 34. The van der Waals surface area contributed by atoms with Crippen LogP contribution in [0.2, 0.25) is 0 Å². The van der Waals surface area contributed by atoms with Crippen LogP contribution in [0.5, 0.6) is 0 Å². The van der Waals surface area contributed by atoms with Crippen molar-refractivity contribution in [3.63, 3.8) is 0 Å². The number of rotatable bonds is 64. The minimum absolute atomic E-state index is 0.101. The lowest BCUT2D eigenvalue weighted by Gasteiger charge is -2.21. The van der Waals surface area contributed by atoms with E-state index in [0.29, 0.717) is 31.6 Å². The summed E-state index contributed by atoms with van der Waals surface area (Å²) in [7, 11) is -9.88. The third kappa shape index (κ3) is 59.0. The summed E-state index contributed by atoms with van der Waals surface area (Å²) in [5.74, 6) is -0.674. The van der Waals surface area contributed by atoms with Crippen LogP contribution in [-0.4, -0.2) is 96.7 Å². The molecule has 0 fully saturated rings. The van der Waals surface area contributed by atoms with Gasteiger partial charge in [-0.25, -0.2) is 9.13 Å². The summed E-state index contributed by atoms with van der Waals surface area (Å²) in [5, 5.41) is 10.5. The molecule has 17 nitrogen and oxygen atoms in total. The van der Waals surface area contributed by atoms with Gasteiger partial charge in [-0.05, 0) is 37.5 Å². The number of hydrogen-bond acceptors (Lipinski definition) is 15. The van der Waals surface area contributed by atoms with E-state index in [0.717, 1.165) is 102 Å². The van der Waals surface area contributed by atoms with E-state index < -0.39 is 97.5 Å². The highest BCUT2D eigenvalue weighted by atomic mass is 31.2. The average molecular weight is 1240 g/mol. The van der Waals surface area contributed by atoms with Gasteiger partial charge in [0.2, 0.25) is 0 Å². The van der Waals surface area contributed by atoms with Gasteiger partial charge < -0.3 is 33.8 Å². The topological polar surface area (TPSA) is 237 Å². The lowest BCUT2D eigenvalue weighted by atomic mass is 10.0. The number of aliphatic hydroxyl groups excluding tert-OH is 1. The second kappa shape index (κ2) is 57.5. The summed E-state index contributed by atoms with van der Waals surface area (Å²) in [6.45, 7) is 9.35. The molecular weight excluding hydrogens is 1110 g/mol. The van der Waals surface area contributed by atoms with Crippen molar-refractivity contribution in [1.82, 2.24) is 0 Å². The predicted molar refractivity (Wildman–Crippen MR) is 335 cm³/mol. The number of carbonyl (C=O) groups excluding carboxylic acids is 4. The fourth-order valence-corrected chi connectivity index (χ4v) is 11.3. The van der Waals surface area contributed by atoms with E-state index in [1.165, 1.54) is 135 Å². The first kappa shape index (κ1) is 82.1. The van der Waals surface area contributed by atoms with Crippen molar-refractivity contribution in [2.24, 2.45) is 11.8 Å². The summed E-state index contributed by atoms with van der Waals surface area (Å²) < 4.78 is 67.8. The highest BCUT2D eigenvalue weighted by Crippen LogP contribution is 2.45. The van der Waals surface area contributed by atoms with Crippen LogP contribution in [-0.2, 0) is 65.4 Å². The van der Waals surface area contributed by atoms with Crippen molar-refractivity contribution in [3.05, 3.63) is 0 Å². The molecular formula is C65H126O17P2. The van der Waals surface area contributed by atoms with Gasteiger partial charge in [0.25, 0.3) is 0 Å². The summed E-state index contributed by atoms with van der Waals surface area (Å²) in [4.78, 5) is 72.0. The molecule has 0 aromatic heterocycles. The number of phosphoric acid groups is 2. The molecule has 0 aliphatic carbocycles. The average Bonchev–Trinajstić information content (AvgIpc) is 3.65. The number of esters is 4. The Hall–Kier alpha value is -1.94. The van der Waals surface area contributed by atoms with Gasteiger partial charge in [0.15, 0.2) is 12.2 Å². The standard InChI is InChI=1S/C65H126O17P2/c1-7-9-11-13-14-15-16-23-26-29-36-42-48-63(68)76-54-61(81-64(69)49-43-37-30-27-24-21-19-17-18-20-22-25-28-34-39-45-57(3)4)56-80-84(73,74)78-52-59(66)51-77-83(71,72)79-55-60(53-75-62(67)47-41-33-12-10-8-2)82-65(70)50-44-38-32-31-35-40-46-58(5)6/h57-61,66H,7-56H2,1-6H3,(H,71,72)(H,73,74)/t59-,60+,61+/m0/s1. The summed E-state index contributed by atoms with van der Waals surface area (Å²) in [6, 6.07) is 0. The molecule has 5 atom stereocenters. The molecule has 0 aromatic rings. The van der Waals surface area contributed by atoms with Crippen LogP contribution in [0.15, 0.2) is 0 Å². The summed E-state index contributed by atoms with van der Waals surface area (Å²) >= 11 is 0. The van der Waals surface area contributed by atoms with E-state index in [2.05, 4.69) is 41.5 Å². The van der Waals surface area contributed by atoms with Gasteiger partial charge in [-0.15, -0.1) is 0 Å². The Labute approximate surface area is 511 Å². The second-order valence-corrected chi connectivity index (χ2v) is 27.4. The molecule has 0 heterocycles. The Morgan fingerprint density at radius 3 is 0.810 bits per heavy atom. The molecule has 0 amide bonds. The van der Waals surface area contributed by atoms with E-state index in [1.807, 2.05) is 0 Å². The van der Waals surface area contributed by atoms with Crippen LogP contribution in [0.25, 0.3) is 0 Å². The maximum absolute atomic E-state index is 13.0. The Balaban J connectivity index is 5.14. The van der Waals surface area contributed by atoms with E-state index in [1.54, 1.807) is 0 Å². The van der Waals surface area contributed by atoms with Crippen LogP contribution in [0.4, 0.5) is 0 Å². The second-order valence-electron chi connectivity index (χ2n) is 24.5. The number of aliphatic hydroxyl groups is 1. The molecule has 3 N–H and O–H groups in total. The fourth-order valence-electron chi connectivity index (χ4n) is 9.71. The fraction of sp³-hybridized carbons (Fsp3) is 0.938. The molecule has 0 aliphatic rings. The van der Waals surface area contributed by atoms with Crippen molar-refractivity contribution in [2.75, 3.05) is 39.6 Å². The summed E-state index contributed by atoms with van der Waals surface area (Å²) in [6.07, 6.45) is 40.9. The van der Waals surface area contributed by atoms with Crippen LogP contribution >= 0.6 is 15.6 Å². The van der Waals surface area contributed by atoms with Crippen molar-refractivity contribution in [2.45, 2.75) is 342 Å². The van der Waals surface area contributed by atoms with E-state index in [4.69, 9.17) is 37.0 Å². The van der Waals surface area contributed by atoms with Crippen LogP contribution in [0.1, 0.15) is 324 Å². The highest BCUT2D eigenvalue weighted by molar-refractivity contribution is 7.47. The highest BCUT2D eigenvalue weighted by Gasteiger charge is 2.30.